The molecule has 0 fully saturated rings. The number of Topliss-reactive ketones (excluding diaryl/α,β-unsaturated/α-hetero) is 1. The Morgan fingerprint density at radius 1 is 1.23 bits per heavy atom. The van der Waals surface area contributed by atoms with Crippen LogP contribution < -0.4 is 5.32 Å². The summed E-state index contributed by atoms with van der Waals surface area (Å²) in [5.41, 5.74) is 2.86. The van der Waals surface area contributed by atoms with Crippen LogP contribution in [0, 0.1) is 24.1 Å². The number of benzene rings is 1. The monoisotopic (exact) mass is 418 g/mol. The maximum atomic E-state index is 14.6. The standard InChI is InChI=1S/C22H15FN4O2S/c1-13-9-19(30-26-13)25-22(29)21(28)17-11-16(27-8-2-3-18(23)20(17)27)10-14-4-6-15(12-24)7-5-14/h2-9,11H,10H2,1H3,(H,25,29). The molecule has 1 N–H and O–H groups in total. The van der Waals surface area contributed by atoms with Gasteiger partial charge in [0.05, 0.1) is 28.4 Å². The molecule has 0 aliphatic carbocycles. The third-order valence-electron chi connectivity index (χ3n) is 4.60. The van der Waals surface area contributed by atoms with Crippen LogP contribution >= 0.6 is 11.5 Å². The lowest BCUT2D eigenvalue weighted by Gasteiger charge is -2.04. The summed E-state index contributed by atoms with van der Waals surface area (Å²) in [5, 5.41) is 11.9. The van der Waals surface area contributed by atoms with Crippen molar-refractivity contribution >= 4 is 33.7 Å². The molecule has 3 heterocycles. The largest absolute Gasteiger partial charge is 0.317 e. The number of carbonyl (C=O) groups is 2. The van der Waals surface area contributed by atoms with Gasteiger partial charge in [-0.3, -0.25) is 9.59 Å². The van der Waals surface area contributed by atoms with Crippen LogP contribution in [0.15, 0.2) is 54.7 Å². The Morgan fingerprint density at radius 3 is 2.67 bits per heavy atom. The topological polar surface area (TPSA) is 87.3 Å². The van der Waals surface area contributed by atoms with Gasteiger partial charge in [-0.25, -0.2) is 4.39 Å². The summed E-state index contributed by atoms with van der Waals surface area (Å²) < 4.78 is 20.2. The Balaban J connectivity index is 1.70. The predicted octanol–water partition coefficient (Wildman–Crippen LogP) is 4.13. The van der Waals surface area contributed by atoms with Gasteiger partial charge < -0.3 is 9.72 Å². The summed E-state index contributed by atoms with van der Waals surface area (Å²) in [7, 11) is 0. The number of halogens is 1. The highest BCUT2D eigenvalue weighted by molar-refractivity contribution is 7.10. The first kappa shape index (κ1) is 19.5. The summed E-state index contributed by atoms with van der Waals surface area (Å²) in [4.78, 5) is 25.3. The second kappa shape index (κ2) is 7.89. The van der Waals surface area contributed by atoms with Crippen LogP contribution in [-0.2, 0) is 11.2 Å². The molecule has 0 saturated heterocycles. The number of aryl methyl sites for hydroxylation is 1. The molecular weight excluding hydrogens is 403 g/mol. The van der Waals surface area contributed by atoms with Crippen molar-refractivity contribution in [3.63, 3.8) is 0 Å². The molecule has 4 aromatic rings. The van der Waals surface area contributed by atoms with Crippen LogP contribution in [0.5, 0.6) is 0 Å². The van der Waals surface area contributed by atoms with Crippen LogP contribution in [0.4, 0.5) is 9.39 Å². The number of hydrogen-bond acceptors (Lipinski definition) is 5. The number of anilines is 1. The highest BCUT2D eigenvalue weighted by Gasteiger charge is 2.24. The van der Waals surface area contributed by atoms with Crippen molar-refractivity contribution in [2.75, 3.05) is 5.32 Å². The molecule has 30 heavy (non-hydrogen) atoms. The van der Waals surface area contributed by atoms with Crippen molar-refractivity contribution in [3.05, 3.63) is 88.6 Å². The minimum Gasteiger partial charge on any atom is -0.317 e. The summed E-state index contributed by atoms with van der Waals surface area (Å²) in [5.74, 6) is -2.26. The maximum absolute atomic E-state index is 14.6. The molecule has 0 aliphatic rings. The number of carbonyl (C=O) groups excluding carboxylic acids is 2. The Bertz CT molecular complexity index is 1320. The number of fused-ring (bicyclic) bond motifs is 1. The Hall–Kier alpha value is -3.83. The van der Waals surface area contributed by atoms with E-state index in [2.05, 4.69) is 15.8 Å². The molecule has 1 amide bonds. The molecule has 1 aromatic carbocycles. The Morgan fingerprint density at radius 2 is 2.00 bits per heavy atom. The highest BCUT2D eigenvalue weighted by Crippen LogP contribution is 2.24. The molecular formula is C22H15FN4O2S. The Kier molecular flexibility index (Phi) is 5.12. The average molecular weight is 418 g/mol. The van der Waals surface area contributed by atoms with E-state index in [4.69, 9.17) is 5.26 Å². The lowest BCUT2D eigenvalue weighted by atomic mass is 10.1. The molecule has 0 radical (unpaired) electrons. The normalized spacial score (nSPS) is 10.7. The van der Waals surface area contributed by atoms with Gasteiger partial charge >= 0.3 is 0 Å². The first-order valence-electron chi connectivity index (χ1n) is 9.03. The van der Waals surface area contributed by atoms with Crippen LogP contribution in [0.25, 0.3) is 5.52 Å². The molecule has 0 saturated carbocycles. The van der Waals surface area contributed by atoms with E-state index < -0.39 is 17.5 Å². The molecule has 0 atom stereocenters. The zero-order valence-corrected chi connectivity index (χ0v) is 16.7. The summed E-state index contributed by atoms with van der Waals surface area (Å²) >= 11 is 1.07. The number of nitrogens with zero attached hydrogens (tertiary/aromatic N) is 3. The van der Waals surface area contributed by atoms with Gasteiger partial charge in [0.25, 0.3) is 11.7 Å². The van der Waals surface area contributed by atoms with E-state index in [1.807, 2.05) is 0 Å². The van der Waals surface area contributed by atoms with E-state index in [-0.39, 0.29) is 11.1 Å². The van der Waals surface area contributed by atoms with Crippen LogP contribution in [0.3, 0.4) is 0 Å². The SMILES string of the molecule is Cc1cc(NC(=O)C(=O)c2cc(Cc3ccc(C#N)cc3)n3cccc(F)c23)sn1. The van der Waals surface area contributed by atoms with Crippen LogP contribution in [0.1, 0.15) is 32.9 Å². The first-order valence-corrected chi connectivity index (χ1v) is 9.80. The van der Waals surface area contributed by atoms with E-state index in [0.717, 1.165) is 22.8 Å². The molecule has 148 valence electrons. The van der Waals surface area contributed by atoms with Crippen molar-refractivity contribution in [1.82, 2.24) is 8.77 Å². The third-order valence-corrected chi connectivity index (χ3v) is 5.40. The summed E-state index contributed by atoms with van der Waals surface area (Å²) in [6.07, 6.45) is 2.05. The molecule has 6 nitrogen and oxygen atoms in total. The molecule has 0 aliphatic heterocycles. The fourth-order valence-electron chi connectivity index (χ4n) is 3.21. The lowest BCUT2D eigenvalue weighted by Crippen LogP contribution is -2.22. The van der Waals surface area contributed by atoms with E-state index in [9.17, 15) is 14.0 Å². The van der Waals surface area contributed by atoms with Gasteiger partial charge in [-0.05, 0) is 60.4 Å². The molecule has 3 aromatic heterocycles. The minimum absolute atomic E-state index is 0.00418. The van der Waals surface area contributed by atoms with E-state index in [1.54, 1.807) is 53.9 Å². The fourth-order valence-corrected chi connectivity index (χ4v) is 3.87. The molecule has 4 rings (SSSR count). The molecule has 0 bridgehead atoms. The first-order chi connectivity index (χ1) is 14.5. The molecule has 8 heteroatoms. The minimum atomic E-state index is -0.848. The van der Waals surface area contributed by atoms with Crippen molar-refractivity contribution < 1.29 is 14.0 Å². The quantitative estimate of drug-likeness (QED) is 0.390. The van der Waals surface area contributed by atoms with E-state index >= 15 is 0 Å². The highest BCUT2D eigenvalue weighted by atomic mass is 32.1. The van der Waals surface area contributed by atoms with Gasteiger partial charge in [0.2, 0.25) is 0 Å². The second-order valence-corrected chi connectivity index (χ2v) is 7.53. The second-order valence-electron chi connectivity index (χ2n) is 6.73. The Labute approximate surface area is 175 Å². The van der Waals surface area contributed by atoms with E-state index in [0.29, 0.717) is 22.7 Å². The number of rotatable bonds is 5. The summed E-state index contributed by atoms with van der Waals surface area (Å²) in [6.45, 7) is 1.78. The lowest BCUT2D eigenvalue weighted by molar-refractivity contribution is -0.112. The number of amides is 1. The maximum Gasteiger partial charge on any atom is 0.297 e. The van der Waals surface area contributed by atoms with Crippen molar-refractivity contribution in [2.24, 2.45) is 0 Å². The molecule has 0 unspecified atom stereocenters. The number of hydrogen-bond donors (Lipinski definition) is 1. The van der Waals surface area contributed by atoms with Crippen molar-refractivity contribution in [3.8, 4) is 6.07 Å². The van der Waals surface area contributed by atoms with E-state index in [1.165, 1.54) is 12.1 Å². The number of nitriles is 1. The number of ketones is 1. The number of pyridine rings is 1. The van der Waals surface area contributed by atoms with Crippen LogP contribution in [0.2, 0.25) is 0 Å². The van der Waals surface area contributed by atoms with Crippen molar-refractivity contribution in [1.29, 1.82) is 5.26 Å². The summed E-state index contributed by atoms with van der Waals surface area (Å²) in [6, 6.07) is 15.0. The van der Waals surface area contributed by atoms with Crippen LogP contribution in [-0.4, -0.2) is 20.5 Å². The van der Waals surface area contributed by atoms with Crippen molar-refractivity contribution in [2.45, 2.75) is 13.3 Å². The molecule has 0 spiro atoms. The van der Waals surface area contributed by atoms with Gasteiger partial charge in [-0.1, -0.05) is 12.1 Å². The average Bonchev–Trinajstić information content (AvgIpc) is 3.32. The van der Waals surface area contributed by atoms with Gasteiger partial charge in [-0.2, -0.15) is 9.64 Å². The zero-order chi connectivity index (χ0) is 21.3. The third kappa shape index (κ3) is 3.71. The fraction of sp³-hybridized carbons (Fsp3) is 0.0909. The van der Waals surface area contributed by atoms with Gasteiger partial charge in [-0.15, -0.1) is 0 Å². The van der Waals surface area contributed by atoms with Gasteiger partial charge in [0.1, 0.15) is 10.8 Å². The predicted molar refractivity (Wildman–Crippen MR) is 111 cm³/mol. The number of nitrogens with one attached hydrogen (secondary N) is 1. The van der Waals surface area contributed by atoms with Gasteiger partial charge in [0, 0.05) is 18.3 Å². The smallest absolute Gasteiger partial charge is 0.297 e. The number of aromatic nitrogens is 2. The zero-order valence-electron chi connectivity index (χ0n) is 15.8. The van der Waals surface area contributed by atoms with Gasteiger partial charge in [0.15, 0.2) is 0 Å².